The molecule has 0 aromatic heterocycles. The fourth-order valence-electron chi connectivity index (χ4n) is 2.37. The fourth-order valence-corrected chi connectivity index (χ4v) is 3.53. The zero-order valence-corrected chi connectivity index (χ0v) is 12.8. The van der Waals surface area contributed by atoms with Crippen molar-refractivity contribution in [2.45, 2.75) is 19.3 Å². The summed E-state index contributed by atoms with van der Waals surface area (Å²) in [5.74, 6) is -0.107. The van der Waals surface area contributed by atoms with Gasteiger partial charge in [0.25, 0.3) is 0 Å². The topological polar surface area (TPSA) is 79.8 Å². The van der Waals surface area contributed by atoms with Gasteiger partial charge in [0.05, 0.1) is 32.5 Å². The van der Waals surface area contributed by atoms with Crippen LogP contribution >= 0.6 is 23.2 Å². The molecule has 1 aliphatic carbocycles. The summed E-state index contributed by atoms with van der Waals surface area (Å²) in [5.41, 5.74) is 6.80. The number of carbonyl (C=O) groups excluding carboxylic acids is 1. The monoisotopic (exact) mass is 330 g/mol. The molecule has 1 aromatic carbocycles. The first-order valence-corrected chi connectivity index (χ1v) is 7.68. The minimum Gasteiger partial charge on any atom is -0.329 e. The fraction of sp³-hybridized carbons (Fsp3) is 0.417. The van der Waals surface area contributed by atoms with E-state index in [-0.39, 0.29) is 5.91 Å². The lowest BCUT2D eigenvalue weighted by atomic mass is 9.68. The Bertz CT molecular complexity index is 660. The number of amides is 1. The number of hydrogen-bond donors (Lipinski definition) is 2. The van der Waals surface area contributed by atoms with Crippen molar-refractivity contribution in [1.82, 2.24) is 0 Å². The van der Waals surface area contributed by atoms with Crippen molar-refractivity contribution >= 4 is 57.5 Å². The van der Waals surface area contributed by atoms with E-state index in [1.54, 1.807) is 6.07 Å². The average Bonchev–Trinajstić information content (AvgIpc) is 2.83. The van der Waals surface area contributed by atoms with E-state index in [2.05, 4.69) is 14.0 Å². The van der Waals surface area contributed by atoms with Gasteiger partial charge in [-0.3, -0.25) is 4.79 Å². The maximum Gasteiger partial charge on any atom is 0.231 e. The van der Waals surface area contributed by atoms with Crippen LogP contribution in [0.25, 0.3) is 0 Å². The molecular formula is C12H12Cl2N4OS. The van der Waals surface area contributed by atoms with E-state index in [0.717, 1.165) is 30.6 Å². The zero-order chi connectivity index (χ0) is 14.3. The number of halogens is 2. The number of nitrogens with zero attached hydrogens (tertiary/aromatic N) is 2. The Kier molecular flexibility index (Phi) is 3.58. The van der Waals surface area contributed by atoms with Gasteiger partial charge in [-0.2, -0.15) is 8.73 Å². The lowest BCUT2D eigenvalue weighted by molar-refractivity contribution is -0.129. The van der Waals surface area contributed by atoms with Crippen LogP contribution in [0.4, 0.5) is 17.1 Å². The van der Waals surface area contributed by atoms with Gasteiger partial charge in [0.2, 0.25) is 5.91 Å². The SMILES string of the molecule is NCC1(C(=O)Nc2c(Cl)cc(Cl)c3c2N=S=N3)CCC1. The van der Waals surface area contributed by atoms with E-state index >= 15 is 0 Å². The van der Waals surface area contributed by atoms with Crippen LogP contribution in [0.2, 0.25) is 10.0 Å². The summed E-state index contributed by atoms with van der Waals surface area (Å²) in [4.78, 5) is 12.4. The smallest absolute Gasteiger partial charge is 0.231 e. The van der Waals surface area contributed by atoms with Gasteiger partial charge in [-0.15, -0.1) is 0 Å². The first kappa shape index (κ1) is 14.0. The number of hydrogen-bond acceptors (Lipinski definition) is 4. The summed E-state index contributed by atoms with van der Waals surface area (Å²) in [7, 11) is 0. The van der Waals surface area contributed by atoms with Crippen molar-refractivity contribution in [3.05, 3.63) is 16.1 Å². The molecule has 0 saturated heterocycles. The van der Waals surface area contributed by atoms with Gasteiger partial charge < -0.3 is 11.1 Å². The standard InChI is InChI=1S/C12H12Cl2N4OS/c13-6-4-7(14)9-10(18-20-17-9)8(6)16-11(19)12(5-15)2-1-3-12/h4H,1-3,5,15H2,(H,16,19). The highest BCUT2D eigenvalue weighted by molar-refractivity contribution is 7.58. The maximum atomic E-state index is 12.4. The molecule has 3 rings (SSSR count). The second-order valence-electron chi connectivity index (χ2n) is 4.97. The molecule has 1 heterocycles. The number of nitrogens with one attached hydrogen (secondary N) is 1. The van der Waals surface area contributed by atoms with Crippen molar-refractivity contribution < 1.29 is 4.79 Å². The van der Waals surface area contributed by atoms with Gasteiger partial charge in [-0.1, -0.05) is 29.6 Å². The van der Waals surface area contributed by atoms with Gasteiger partial charge in [0, 0.05) is 6.54 Å². The molecule has 2 aliphatic rings. The van der Waals surface area contributed by atoms with Crippen molar-refractivity contribution in [3.8, 4) is 0 Å². The highest BCUT2D eigenvalue weighted by Crippen LogP contribution is 2.49. The van der Waals surface area contributed by atoms with Crippen LogP contribution in [0, 0.1) is 5.41 Å². The number of anilines is 1. The number of carbonyl (C=O) groups is 1. The van der Waals surface area contributed by atoms with Crippen LogP contribution in [0.1, 0.15) is 19.3 Å². The average molecular weight is 331 g/mol. The zero-order valence-electron chi connectivity index (χ0n) is 10.4. The largest absolute Gasteiger partial charge is 0.329 e. The molecule has 1 fully saturated rings. The second kappa shape index (κ2) is 5.11. The summed E-state index contributed by atoms with van der Waals surface area (Å²) >= 11 is 13.3. The highest BCUT2D eigenvalue weighted by atomic mass is 35.5. The molecule has 0 bridgehead atoms. The minimum atomic E-state index is -0.473. The second-order valence-corrected chi connectivity index (χ2v) is 6.31. The Labute approximate surface area is 129 Å². The van der Waals surface area contributed by atoms with E-state index in [9.17, 15) is 4.79 Å². The maximum absolute atomic E-state index is 12.4. The molecule has 0 unspecified atom stereocenters. The molecular weight excluding hydrogens is 319 g/mol. The van der Waals surface area contributed by atoms with Crippen LogP contribution in [0.15, 0.2) is 14.8 Å². The van der Waals surface area contributed by atoms with E-state index < -0.39 is 5.41 Å². The van der Waals surface area contributed by atoms with Crippen molar-refractivity contribution in [1.29, 1.82) is 0 Å². The van der Waals surface area contributed by atoms with Crippen molar-refractivity contribution in [2.75, 3.05) is 11.9 Å². The van der Waals surface area contributed by atoms with Gasteiger partial charge in [-0.25, -0.2) is 0 Å². The molecule has 0 spiro atoms. The molecule has 1 saturated carbocycles. The molecule has 1 amide bonds. The van der Waals surface area contributed by atoms with E-state index in [4.69, 9.17) is 28.9 Å². The van der Waals surface area contributed by atoms with E-state index in [1.165, 1.54) is 0 Å². The summed E-state index contributed by atoms with van der Waals surface area (Å²) in [5, 5.41) is 3.64. The quantitative estimate of drug-likeness (QED) is 0.897. The lowest BCUT2D eigenvalue weighted by Crippen LogP contribution is -2.47. The Hall–Kier alpha value is -0.950. The molecule has 1 aromatic rings. The Morgan fingerprint density at radius 3 is 2.65 bits per heavy atom. The molecule has 5 nitrogen and oxygen atoms in total. The highest BCUT2D eigenvalue weighted by Gasteiger charge is 2.43. The predicted molar refractivity (Wildman–Crippen MR) is 82.0 cm³/mol. The number of rotatable bonds is 3. The Balaban J connectivity index is 1.95. The Morgan fingerprint density at radius 1 is 1.35 bits per heavy atom. The molecule has 106 valence electrons. The Morgan fingerprint density at radius 2 is 2.05 bits per heavy atom. The van der Waals surface area contributed by atoms with Gasteiger partial charge >= 0.3 is 0 Å². The van der Waals surface area contributed by atoms with Gasteiger partial charge in [-0.05, 0) is 18.9 Å². The predicted octanol–water partition coefficient (Wildman–Crippen LogP) is 3.79. The minimum absolute atomic E-state index is 0.107. The third-order valence-electron chi connectivity index (χ3n) is 3.87. The van der Waals surface area contributed by atoms with Crippen molar-refractivity contribution in [2.24, 2.45) is 19.9 Å². The number of fused-ring (bicyclic) bond motifs is 1. The lowest BCUT2D eigenvalue weighted by Gasteiger charge is -2.39. The van der Waals surface area contributed by atoms with Crippen LogP contribution in [0.3, 0.4) is 0 Å². The summed E-state index contributed by atoms with van der Waals surface area (Å²) in [6.45, 7) is 0.336. The number of benzene rings is 1. The molecule has 8 heteroatoms. The first-order valence-electron chi connectivity index (χ1n) is 6.19. The summed E-state index contributed by atoms with van der Waals surface area (Å²) < 4.78 is 8.27. The number of nitrogens with two attached hydrogens (primary N) is 1. The molecule has 0 radical (unpaired) electrons. The van der Waals surface area contributed by atoms with Gasteiger partial charge in [0.1, 0.15) is 11.4 Å². The molecule has 1 aliphatic heterocycles. The van der Waals surface area contributed by atoms with E-state index in [0.29, 0.717) is 33.7 Å². The normalized spacial score (nSPS) is 18.1. The third-order valence-corrected chi connectivity index (χ3v) is 4.98. The summed E-state index contributed by atoms with van der Waals surface area (Å²) in [6.07, 6.45) is 2.63. The van der Waals surface area contributed by atoms with Gasteiger partial charge in [0.15, 0.2) is 0 Å². The first-order chi connectivity index (χ1) is 9.57. The van der Waals surface area contributed by atoms with Crippen LogP contribution in [-0.2, 0) is 16.1 Å². The van der Waals surface area contributed by atoms with Crippen LogP contribution in [-0.4, -0.2) is 12.5 Å². The molecule has 0 atom stereocenters. The third kappa shape index (κ3) is 2.07. The molecule has 3 N–H and O–H groups in total. The van der Waals surface area contributed by atoms with E-state index in [1.807, 2.05) is 0 Å². The van der Waals surface area contributed by atoms with Crippen molar-refractivity contribution in [3.63, 3.8) is 0 Å². The van der Waals surface area contributed by atoms with Crippen LogP contribution < -0.4 is 11.1 Å². The van der Waals surface area contributed by atoms with Crippen LogP contribution in [0.5, 0.6) is 0 Å². The molecule has 20 heavy (non-hydrogen) atoms. The summed E-state index contributed by atoms with van der Waals surface area (Å²) in [6, 6.07) is 1.57.